The van der Waals surface area contributed by atoms with E-state index >= 15 is 0 Å². The van der Waals surface area contributed by atoms with Gasteiger partial charge in [0.2, 0.25) is 0 Å². The molecule has 3 aliphatic heterocycles. The molecule has 152 valence electrons. The van der Waals surface area contributed by atoms with Crippen molar-refractivity contribution in [1.29, 1.82) is 0 Å². The van der Waals surface area contributed by atoms with Gasteiger partial charge in [0, 0.05) is 24.2 Å². The molecule has 2 aromatic rings. The van der Waals surface area contributed by atoms with Crippen LogP contribution in [0.1, 0.15) is 59.0 Å². The molecule has 2 atom stereocenters. The van der Waals surface area contributed by atoms with Gasteiger partial charge < -0.3 is 20.3 Å². The average molecular weight is 395 g/mol. The van der Waals surface area contributed by atoms with Crippen LogP contribution in [-0.2, 0) is 17.7 Å². The average Bonchev–Trinajstić information content (AvgIpc) is 3.04. The molecule has 1 fully saturated rings. The number of anilines is 1. The maximum Gasteiger partial charge on any atom is 0.272 e. The number of hydrogen-bond donors (Lipinski definition) is 2. The van der Waals surface area contributed by atoms with Crippen molar-refractivity contribution in [2.45, 2.75) is 51.6 Å². The van der Waals surface area contributed by atoms with Crippen molar-refractivity contribution < 1.29 is 14.3 Å². The van der Waals surface area contributed by atoms with Gasteiger partial charge in [-0.05, 0) is 32.9 Å². The number of nitrogens with one attached hydrogen (secondary N) is 2. The number of rotatable bonds is 2. The first kappa shape index (κ1) is 18.2. The summed E-state index contributed by atoms with van der Waals surface area (Å²) in [4.78, 5) is 27.6. The Balaban J connectivity index is 1.40. The minimum Gasteiger partial charge on any atom is -0.369 e. The van der Waals surface area contributed by atoms with Crippen LogP contribution in [0.4, 0.5) is 5.69 Å². The Morgan fingerprint density at radius 2 is 2.03 bits per heavy atom. The maximum absolute atomic E-state index is 13.4. The largest absolute Gasteiger partial charge is 0.369 e. The third-order valence-electron chi connectivity index (χ3n) is 6.00. The lowest BCUT2D eigenvalue weighted by Crippen LogP contribution is -2.76. The van der Waals surface area contributed by atoms with Crippen LogP contribution in [0, 0.1) is 0 Å². The normalized spacial score (nSPS) is 24.2. The first-order valence-electron chi connectivity index (χ1n) is 10.1. The zero-order valence-corrected chi connectivity index (χ0v) is 16.9. The van der Waals surface area contributed by atoms with Gasteiger partial charge in [0.15, 0.2) is 0 Å². The highest BCUT2D eigenvalue weighted by Gasteiger charge is 2.50. The molecule has 8 heteroatoms. The lowest BCUT2D eigenvalue weighted by Gasteiger charge is -2.52. The minimum absolute atomic E-state index is 0.0394. The van der Waals surface area contributed by atoms with Gasteiger partial charge in [-0.2, -0.15) is 5.10 Å². The summed E-state index contributed by atoms with van der Waals surface area (Å²) < 4.78 is 7.67. The molecule has 0 saturated carbocycles. The molecular formula is C21H25N5O3. The zero-order chi connectivity index (χ0) is 20.3. The van der Waals surface area contributed by atoms with Crippen LogP contribution in [0.5, 0.6) is 0 Å². The molecule has 4 heterocycles. The fourth-order valence-corrected chi connectivity index (χ4v) is 4.68. The number of carbonyl (C=O) groups excluding carboxylic acids is 2. The molecular weight excluding hydrogens is 370 g/mol. The maximum atomic E-state index is 13.4. The summed E-state index contributed by atoms with van der Waals surface area (Å²) in [5.41, 5.74) is 3.34. The molecule has 1 spiro atoms. The fraction of sp³-hybridized carbons (Fsp3) is 0.476. The minimum atomic E-state index is -0.609. The second-order valence-electron chi connectivity index (χ2n) is 8.19. The van der Waals surface area contributed by atoms with Crippen LogP contribution in [-0.4, -0.2) is 51.4 Å². The van der Waals surface area contributed by atoms with Crippen molar-refractivity contribution in [2.75, 3.05) is 18.4 Å². The van der Waals surface area contributed by atoms with Gasteiger partial charge in [0.1, 0.15) is 11.4 Å². The number of fused-ring (bicyclic) bond motifs is 2. The topological polar surface area (TPSA) is 88.5 Å². The molecule has 8 nitrogen and oxygen atoms in total. The third-order valence-corrected chi connectivity index (χ3v) is 6.00. The van der Waals surface area contributed by atoms with E-state index < -0.39 is 5.66 Å². The van der Waals surface area contributed by atoms with Crippen LogP contribution in [0.25, 0.3) is 0 Å². The summed E-state index contributed by atoms with van der Waals surface area (Å²) in [6.07, 6.45) is 0.617. The second-order valence-corrected chi connectivity index (χ2v) is 8.19. The molecule has 0 radical (unpaired) electrons. The van der Waals surface area contributed by atoms with Gasteiger partial charge in [-0.15, -0.1) is 0 Å². The highest BCUT2D eigenvalue weighted by atomic mass is 16.5. The molecule has 0 unspecified atom stereocenters. The first-order valence-corrected chi connectivity index (χ1v) is 10.1. The smallest absolute Gasteiger partial charge is 0.272 e. The lowest BCUT2D eigenvalue weighted by molar-refractivity contribution is -0.00728. The number of aromatic nitrogens is 2. The number of hydrogen-bond acceptors (Lipinski definition) is 5. The molecule has 3 aliphatic rings. The SMILES string of the molecule is CCn1nc2c(c1C(=O)N1CC3(C1)NC(=O)c1ccccc1N3)C[C@H](C)O[C@@H]2C. The molecule has 2 amide bonds. The molecule has 2 N–H and O–H groups in total. The molecule has 1 saturated heterocycles. The predicted octanol–water partition coefficient (Wildman–Crippen LogP) is 1.93. The van der Waals surface area contributed by atoms with Crippen LogP contribution < -0.4 is 10.6 Å². The van der Waals surface area contributed by atoms with Gasteiger partial charge in [-0.25, -0.2) is 0 Å². The first-order chi connectivity index (χ1) is 13.9. The quantitative estimate of drug-likeness (QED) is 0.811. The second kappa shape index (κ2) is 6.32. The van der Waals surface area contributed by atoms with E-state index in [-0.39, 0.29) is 24.0 Å². The van der Waals surface area contributed by atoms with Gasteiger partial charge >= 0.3 is 0 Å². The van der Waals surface area contributed by atoms with Crippen molar-refractivity contribution in [3.63, 3.8) is 0 Å². The number of amides is 2. The van der Waals surface area contributed by atoms with Gasteiger partial charge in [-0.3, -0.25) is 14.3 Å². The number of carbonyl (C=O) groups is 2. The van der Waals surface area contributed by atoms with Crippen LogP contribution in [0.2, 0.25) is 0 Å². The van der Waals surface area contributed by atoms with Crippen LogP contribution in [0.15, 0.2) is 24.3 Å². The molecule has 0 aliphatic carbocycles. The standard InChI is InChI=1S/C21H25N5O3/c1-4-26-18(15-9-12(2)29-13(3)17(15)24-26)20(28)25-10-21(11-25)22-16-8-6-5-7-14(16)19(27)23-21/h5-8,12-13,22H,4,9-11H2,1-3H3,(H,23,27)/t12-,13+/m0/s1. The van der Waals surface area contributed by atoms with Gasteiger partial charge in [0.25, 0.3) is 11.8 Å². The van der Waals surface area contributed by atoms with Crippen molar-refractivity contribution in [1.82, 2.24) is 20.0 Å². The van der Waals surface area contributed by atoms with Crippen LogP contribution >= 0.6 is 0 Å². The third kappa shape index (κ3) is 2.73. The van der Waals surface area contributed by atoms with Crippen molar-refractivity contribution in [2.24, 2.45) is 0 Å². The van der Waals surface area contributed by atoms with E-state index in [0.29, 0.717) is 37.3 Å². The summed E-state index contributed by atoms with van der Waals surface area (Å²) in [6.45, 7) is 7.44. The number of aryl methyl sites for hydroxylation is 1. The number of likely N-dealkylation sites (tertiary alicyclic amines) is 1. The number of benzene rings is 1. The Labute approximate surface area is 169 Å². The molecule has 0 bridgehead atoms. The van der Waals surface area contributed by atoms with Crippen molar-refractivity contribution in [3.8, 4) is 0 Å². The summed E-state index contributed by atoms with van der Waals surface area (Å²) >= 11 is 0. The highest BCUT2D eigenvalue weighted by molar-refractivity contribution is 6.03. The summed E-state index contributed by atoms with van der Waals surface area (Å²) in [5.74, 6) is -0.148. The number of para-hydroxylation sites is 1. The van der Waals surface area contributed by atoms with Crippen molar-refractivity contribution >= 4 is 17.5 Å². The zero-order valence-electron chi connectivity index (χ0n) is 16.9. The summed E-state index contributed by atoms with van der Waals surface area (Å²) in [5, 5.41) is 11.1. The van der Waals surface area contributed by atoms with E-state index in [2.05, 4.69) is 15.7 Å². The molecule has 29 heavy (non-hydrogen) atoms. The van der Waals surface area contributed by atoms with E-state index in [4.69, 9.17) is 4.74 Å². The van der Waals surface area contributed by atoms with Gasteiger partial charge in [-0.1, -0.05) is 12.1 Å². The van der Waals surface area contributed by atoms with E-state index in [0.717, 1.165) is 16.9 Å². The van der Waals surface area contributed by atoms with Gasteiger partial charge in [0.05, 0.1) is 36.6 Å². The lowest BCUT2D eigenvalue weighted by atomic mass is 9.93. The number of nitrogens with zero attached hydrogens (tertiary/aromatic N) is 3. The van der Waals surface area contributed by atoms with E-state index in [1.54, 1.807) is 15.6 Å². The van der Waals surface area contributed by atoms with E-state index in [1.807, 2.05) is 39.0 Å². The van der Waals surface area contributed by atoms with E-state index in [1.165, 1.54) is 0 Å². The Bertz CT molecular complexity index is 1010. The summed E-state index contributed by atoms with van der Waals surface area (Å²) in [7, 11) is 0. The number of ether oxygens (including phenoxy) is 1. The Morgan fingerprint density at radius 3 is 2.79 bits per heavy atom. The predicted molar refractivity (Wildman–Crippen MR) is 107 cm³/mol. The molecule has 5 rings (SSSR count). The Morgan fingerprint density at radius 1 is 1.28 bits per heavy atom. The van der Waals surface area contributed by atoms with E-state index in [9.17, 15) is 9.59 Å². The van der Waals surface area contributed by atoms with Crippen molar-refractivity contribution in [3.05, 3.63) is 46.8 Å². The highest BCUT2D eigenvalue weighted by Crippen LogP contribution is 2.35. The fourth-order valence-electron chi connectivity index (χ4n) is 4.68. The Hall–Kier alpha value is -2.87. The molecule has 1 aromatic carbocycles. The summed E-state index contributed by atoms with van der Waals surface area (Å²) in [6, 6.07) is 7.43. The Kier molecular flexibility index (Phi) is 3.96. The monoisotopic (exact) mass is 395 g/mol. The van der Waals surface area contributed by atoms with Crippen LogP contribution in [0.3, 0.4) is 0 Å². The molecule has 1 aromatic heterocycles.